The maximum Gasteiger partial charge on any atom is 0.306 e. The van der Waals surface area contributed by atoms with E-state index in [9.17, 15) is 14.3 Å². The van der Waals surface area contributed by atoms with Crippen molar-refractivity contribution in [2.45, 2.75) is 245 Å². The molecule has 0 aromatic carbocycles. The molecule has 0 N–H and O–H groups in total. The van der Waals surface area contributed by atoms with Gasteiger partial charge in [0.25, 0.3) is 7.82 Å². The predicted molar refractivity (Wildman–Crippen MR) is 245 cm³/mol. The number of likely N-dealkylation sites (N-methyl/N-ethyl adjacent to an activating group) is 1. The van der Waals surface area contributed by atoms with Gasteiger partial charge in [-0.05, 0) is 38.5 Å². The second-order valence-electron chi connectivity index (χ2n) is 18.2. The molecule has 0 fully saturated rings. The summed E-state index contributed by atoms with van der Waals surface area (Å²) in [5.74, 6) is -0.330. The van der Waals surface area contributed by atoms with E-state index in [1.165, 1.54) is 186 Å². The van der Waals surface area contributed by atoms with E-state index in [0.29, 0.717) is 24.1 Å². The Labute approximate surface area is 360 Å². The van der Waals surface area contributed by atoms with Crippen molar-refractivity contribution < 1.29 is 37.3 Å². The van der Waals surface area contributed by atoms with Crippen LogP contribution in [0.1, 0.15) is 239 Å². The van der Waals surface area contributed by atoms with Crippen LogP contribution in [0.15, 0.2) is 12.2 Å². The van der Waals surface area contributed by atoms with Gasteiger partial charge in [-0.25, -0.2) is 0 Å². The van der Waals surface area contributed by atoms with E-state index < -0.39 is 13.9 Å². The smallest absolute Gasteiger partial charge is 0.306 e. The molecule has 9 heteroatoms. The van der Waals surface area contributed by atoms with Crippen LogP contribution in [0.3, 0.4) is 0 Å². The summed E-state index contributed by atoms with van der Waals surface area (Å²) in [7, 11) is 1.37. The number of nitrogens with zero attached hydrogens (tertiary/aromatic N) is 1. The van der Waals surface area contributed by atoms with Crippen molar-refractivity contribution in [2.75, 3.05) is 54.1 Å². The lowest BCUT2D eigenvalue weighted by Gasteiger charge is -2.28. The quantitative estimate of drug-likeness (QED) is 0.0198. The molecule has 58 heavy (non-hydrogen) atoms. The lowest BCUT2D eigenvalue weighted by Crippen LogP contribution is -2.37. The molecule has 0 heterocycles. The van der Waals surface area contributed by atoms with E-state index in [0.717, 1.165) is 32.1 Å². The van der Waals surface area contributed by atoms with Gasteiger partial charge in [0.1, 0.15) is 19.3 Å². The highest BCUT2D eigenvalue weighted by atomic mass is 31.2. The fraction of sp³-hybridized carbons (Fsp3) is 0.939. The SMILES string of the molecule is CCCCCCCCCC/C=C\CCCCCCCCCCCCCCOCC(COP(=O)([O-])OCC[N+](C)(C)C)OC(=O)CCCCCCCCCCCCCC. The summed E-state index contributed by atoms with van der Waals surface area (Å²) >= 11 is 0. The highest BCUT2D eigenvalue weighted by Crippen LogP contribution is 2.38. The lowest BCUT2D eigenvalue weighted by atomic mass is 10.0. The Hall–Kier alpha value is -0.760. The molecule has 8 nitrogen and oxygen atoms in total. The van der Waals surface area contributed by atoms with Crippen molar-refractivity contribution in [3.05, 3.63) is 12.2 Å². The fourth-order valence-corrected chi connectivity index (χ4v) is 7.92. The summed E-state index contributed by atoms with van der Waals surface area (Å²) in [5.41, 5.74) is 0. The molecular weight excluding hydrogens is 746 g/mol. The minimum absolute atomic E-state index is 0.0297. The van der Waals surface area contributed by atoms with E-state index >= 15 is 0 Å². The Bertz CT molecular complexity index is 940. The van der Waals surface area contributed by atoms with E-state index in [1.54, 1.807) is 0 Å². The molecule has 0 spiro atoms. The first-order valence-corrected chi connectivity index (χ1v) is 26.4. The topological polar surface area (TPSA) is 94.1 Å². The summed E-state index contributed by atoms with van der Waals surface area (Å²) in [6, 6.07) is 0. The van der Waals surface area contributed by atoms with Crippen LogP contribution in [-0.2, 0) is 27.9 Å². The highest BCUT2D eigenvalue weighted by Gasteiger charge is 2.20. The van der Waals surface area contributed by atoms with Gasteiger partial charge in [-0.1, -0.05) is 206 Å². The van der Waals surface area contributed by atoms with Crippen LogP contribution in [0, 0.1) is 0 Å². The van der Waals surface area contributed by atoms with Gasteiger partial charge in [0.15, 0.2) is 0 Å². The monoisotopic (exact) mass is 844 g/mol. The van der Waals surface area contributed by atoms with Crippen LogP contribution in [0.2, 0.25) is 0 Å². The number of hydrogen-bond donors (Lipinski definition) is 0. The summed E-state index contributed by atoms with van der Waals surface area (Å²) in [6.07, 6.45) is 48.1. The first-order valence-electron chi connectivity index (χ1n) is 24.9. The Kier molecular flexibility index (Phi) is 42.3. The first-order chi connectivity index (χ1) is 28.1. The van der Waals surface area contributed by atoms with Crippen LogP contribution in [0.25, 0.3) is 0 Å². The van der Waals surface area contributed by atoms with Gasteiger partial charge >= 0.3 is 5.97 Å². The third kappa shape index (κ3) is 46.3. The third-order valence-electron chi connectivity index (χ3n) is 11.1. The molecule has 0 aliphatic heterocycles. The molecule has 0 aromatic rings. The zero-order valence-corrected chi connectivity index (χ0v) is 40.2. The number of allylic oxidation sites excluding steroid dienone is 2. The molecule has 0 radical (unpaired) electrons. The second-order valence-corrected chi connectivity index (χ2v) is 19.6. The summed E-state index contributed by atoms with van der Waals surface area (Å²) < 4.78 is 34.7. The van der Waals surface area contributed by atoms with Crippen LogP contribution < -0.4 is 4.89 Å². The third-order valence-corrected chi connectivity index (χ3v) is 12.0. The molecule has 0 bridgehead atoms. The lowest BCUT2D eigenvalue weighted by molar-refractivity contribution is -0.870. The fourth-order valence-electron chi connectivity index (χ4n) is 7.19. The van der Waals surface area contributed by atoms with Crippen molar-refractivity contribution in [2.24, 2.45) is 0 Å². The molecule has 0 aliphatic carbocycles. The number of carbonyl (C=O) groups excluding carboxylic acids is 1. The molecule has 346 valence electrons. The predicted octanol–water partition coefficient (Wildman–Crippen LogP) is 14.4. The minimum atomic E-state index is -4.52. The molecular formula is C49H98NO7P. The summed E-state index contributed by atoms with van der Waals surface area (Å²) in [5, 5.41) is 0. The van der Waals surface area contributed by atoms with Crippen LogP contribution in [0.5, 0.6) is 0 Å². The summed E-state index contributed by atoms with van der Waals surface area (Å²) in [6.45, 7) is 5.45. The number of phosphoric ester groups is 1. The molecule has 2 atom stereocenters. The molecule has 0 aliphatic rings. The second kappa shape index (κ2) is 42.9. The Morgan fingerprint density at radius 2 is 0.897 bits per heavy atom. The molecule has 0 amide bonds. The average molecular weight is 844 g/mol. The number of carbonyl (C=O) groups is 1. The Morgan fingerprint density at radius 1 is 0.517 bits per heavy atom. The maximum absolute atomic E-state index is 12.7. The van der Waals surface area contributed by atoms with Crippen molar-refractivity contribution in [3.8, 4) is 0 Å². The van der Waals surface area contributed by atoms with Crippen molar-refractivity contribution in [3.63, 3.8) is 0 Å². The van der Waals surface area contributed by atoms with E-state index in [2.05, 4.69) is 26.0 Å². The van der Waals surface area contributed by atoms with Crippen LogP contribution >= 0.6 is 7.82 Å². The largest absolute Gasteiger partial charge is 0.756 e. The summed E-state index contributed by atoms with van der Waals surface area (Å²) in [4.78, 5) is 25.1. The van der Waals surface area contributed by atoms with Crippen LogP contribution in [-0.4, -0.2) is 70.7 Å². The molecule has 0 rings (SSSR count). The van der Waals surface area contributed by atoms with E-state index in [-0.39, 0.29) is 25.8 Å². The minimum Gasteiger partial charge on any atom is -0.756 e. The Morgan fingerprint density at radius 3 is 1.31 bits per heavy atom. The van der Waals surface area contributed by atoms with Gasteiger partial charge in [0.2, 0.25) is 0 Å². The van der Waals surface area contributed by atoms with Gasteiger partial charge in [0, 0.05) is 13.0 Å². The van der Waals surface area contributed by atoms with Crippen LogP contribution in [0.4, 0.5) is 0 Å². The number of phosphoric acid groups is 1. The van der Waals surface area contributed by atoms with Crippen molar-refractivity contribution in [1.29, 1.82) is 0 Å². The van der Waals surface area contributed by atoms with Crippen molar-refractivity contribution in [1.82, 2.24) is 0 Å². The first kappa shape index (κ1) is 57.2. The molecule has 0 saturated heterocycles. The van der Waals surface area contributed by atoms with Gasteiger partial charge < -0.3 is 27.9 Å². The number of hydrogen-bond acceptors (Lipinski definition) is 7. The Balaban J connectivity index is 4.03. The van der Waals surface area contributed by atoms with E-state index in [1.807, 2.05) is 21.1 Å². The van der Waals surface area contributed by atoms with Gasteiger partial charge in [0.05, 0.1) is 34.4 Å². The van der Waals surface area contributed by atoms with E-state index in [4.69, 9.17) is 18.5 Å². The van der Waals surface area contributed by atoms with Gasteiger partial charge in [-0.3, -0.25) is 9.36 Å². The number of unbranched alkanes of at least 4 members (excludes halogenated alkanes) is 31. The van der Waals surface area contributed by atoms with Gasteiger partial charge in [-0.15, -0.1) is 0 Å². The molecule has 2 unspecified atom stereocenters. The normalized spacial score (nSPS) is 13.7. The highest BCUT2D eigenvalue weighted by molar-refractivity contribution is 7.45. The zero-order valence-electron chi connectivity index (χ0n) is 39.3. The average Bonchev–Trinajstić information content (AvgIpc) is 3.18. The van der Waals surface area contributed by atoms with Gasteiger partial charge in [-0.2, -0.15) is 0 Å². The van der Waals surface area contributed by atoms with Crippen molar-refractivity contribution >= 4 is 13.8 Å². The number of quaternary nitrogens is 1. The zero-order chi connectivity index (χ0) is 42.7. The number of esters is 1. The molecule has 0 saturated carbocycles. The standard InChI is InChI=1S/C49H98NO7P/c1-6-8-10-12-14-16-18-20-21-22-23-24-25-26-27-28-29-30-31-33-35-37-39-41-44-54-46-48(47-56-58(52,53)55-45-43-50(3,4)5)57-49(51)42-40-38-36-34-32-19-17-15-13-11-9-7-2/h22-23,48H,6-21,24-47H2,1-5H3/b23-22-. The molecule has 0 aromatic heterocycles. The number of ether oxygens (including phenoxy) is 2. The number of rotatable bonds is 47. The maximum atomic E-state index is 12.7.